The van der Waals surface area contributed by atoms with Gasteiger partial charge in [-0.2, -0.15) is 0 Å². The van der Waals surface area contributed by atoms with Gasteiger partial charge in [0.15, 0.2) is 0 Å². The summed E-state index contributed by atoms with van der Waals surface area (Å²) in [6.45, 7) is 0.123. The summed E-state index contributed by atoms with van der Waals surface area (Å²) in [7, 11) is 0. The minimum absolute atomic E-state index is 0.0939. The standard InChI is InChI=1S/C13H17FN2O2/c14-10-5-4-9-2-1-3-12(11(9)8-10)16-13(18)15-6-7-17/h4-5,8,12,17H,1-3,6-7H2,(H2,15,16,18). The molecule has 1 aliphatic carbocycles. The Balaban J connectivity index is 2.07. The van der Waals surface area contributed by atoms with Crippen molar-refractivity contribution in [1.29, 1.82) is 0 Å². The Kier molecular flexibility index (Phi) is 4.15. The molecule has 0 radical (unpaired) electrons. The number of rotatable bonds is 3. The highest BCUT2D eigenvalue weighted by atomic mass is 19.1. The van der Waals surface area contributed by atoms with Crippen molar-refractivity contribution in [3.63, 3.8) is 0 Å². The molecule has 1 aromatic rings. The van der Waals surface area contributed by atoms with Gasteiger partial charge >= 0.3 is 6.03 Å². The molecule has 1 aromatic carbocycles. The zero-order chi connectivity index (χ0) is 13.0. The summed E-state index contributed by atoms with van der Waals surface area (Å²) < 4.78 is 13.2. The van der Waals surface area contributed by atoms with E-state index in [4.69, 9.17) is 5.11 Å². The predicted octanol–water partition coefficient (Wildman–Crippen LogP) is 1.49. The monoisotopic (exact) mass is 252 g/mol. The Hall–Kier alpha value is -1.62. The fraction of sp³-hybridized carbons (Fsp3) is 0.462. The van der Waals surface area contributed by atoms with Crippen molar-refractivity contribution in [2.45, 2.75) is 25.3 Å². The molecule has 0 bridgehead atoms. The van der Waals surface area contributed by atoms with Gasteiger partial charge in [0.1, 0.15) is 5.82 Å². The molecular formula is C13H17FN2O2. The molecule has 0 heterocycles. The Morgan fingerprint density at radius 1 is 1.50 bits per heavy atom. The Bertz CT molecular complexity index is 437. The van der Waals surface area contributed by atoms with E-state index < -0.39 is 0 Å². The van der Waals surface area contributed by atoms with Gasteiger partial charge in [-0.25, -0.2) is 9.18 Å². The van der Waals surface area contributed by atoms with Gasteiger partial charge in [0, 0.05) is 6.54 Å². The fourth-order valence-corrected chi connectivity index (χ4v) is 2.30. The van der Waals surface area contributed by atoms with Crippen LogP contribution in [-0.2, 0) is 6.42 Å². The molecule has 2 amide bonds. The van der Waals surface area contributed by atoms with Crippen LogP contribution >= 0.6 is 0 Å². The zero-order valence-corrected chi connectivity index (χ0v) is 10.1. The molecule has 1 unspecified atom stereocenters. The third-order valence-electron chi connectivity index (χ3n) is 3.12. The number of carbonyl (C=O) groups excluding carboxylic acids is 1. The van der Waals surface area contributed by atoms with Gasteiger partial charge < -0.3 is 15.7 Å². The molecule has 18 heavy (non-hydrogen) atoms. The van der Waals surface area contributed by atoms with Crippen LogP contribution in [0.4, 0.5) is 9.18 Å². The van der Waals surface area contributed by atoms with Gasteiger partial charge in [-0.15, -0.1) is 0 Å². The van der Waals surface area contributed by atoms with Crippen LogP contribution in [0.1, 0.15) is 30.0 Å². The molecule has 98 valence electrons. The number of aliphatic hydroxyl groups excluding tert-OH is 1. The number of carbonyl (C=O) groups is 1. The first-order chi connectivity index (χ1) is 8.70. The smallest absolute Gasteiger partial charge is 0.315 e. The summed E-state index contributed by atoms with van der Waals surface area (Å²) in [5.41, 5.74) is 1.95. The molecule has 0 fully saturated rings. The summed E-state index contributed by atoms with van der Waals surface area (Å²) in [6.07, 6.45) is 2.71. The van der Waals surface area contributed by atoms with Crippen molar-refractivity contribution < 1.29 is 14.3 Å². The van der Waals surface area contributed by atoms with Crippen molar-refractivity contribution in [3.05, 3.63) is 35.1 Å². The highest BCUT2D eigenvalue weighted by Crippen LogP contribution is 2.30. The lowest BCUT2D eigenvalue weighted by molar-refractivity contribution is 0.229. The van der Waals surface area contributed by atoms with Crippen molar-refractivity contribution in [3.8, 4) is 0 Å². The van der Waals surface area contributed by atoms with Crippen molar-refractivity contribution in [1.82, 2.24) is 10.6 Å². The van der Waals surface area contributed by atoms with Gasteiger partial charge in [0.2, 0.25) is 0 Å². The van der Waals surface area contributed by atoms with Gasteiger partial charge in [0.05, 0.1) is 12.6 Å². The molecular weight excluding hydrogens is 235 g/mol. The second-order valence-corrected chi connectivity index (χ2v) is 4.41. The molecule has 0 aromatic heterocycles. The minimum atomic E-state index is -0.328. The van der Waals surface area contributed by atoms with E-state index in [1.807, 2.05) is 0 Å². The number of fused-ring (bicyclic) bond motifs is 1. The molecule has 0 saturated heterocycles. The van der Waals surface area contributed by atoms with Gasteiger partial charge in [-0.3, -0.25) is 0 Å². The van der Waals surface area contributed by atoms with E-state index in [-0.39, 0.29) is 31.0 Å². The average molecular weight is 252 g/mol. The lowest BCUT2D eigenvalue weighted by atomic mass is 9.87. The van der Waals surface area contributed by atoms with E-state index in [2.05, 4.69) is 10.6 Å². The zero-order valence-electron chi connectivity index (χ0n) is 10.1. The third-order valence-corrected chi connectivity index (χ3v) is 3.12. The van der Waals surface area contributed by atoms with Gasteiger partial charge in [0.25, 0.3) is 0 Å². The number of amides is 2. The number of hydrogen-bond acceptors (Lipinski definition) is 2. The van der Waals surface area contributed by atoms with E-state index in [0.29, 0.717) is 0 Å². The molecule has 1 aliphatic rings. The lowest BCUT2D eigenvalue weighted by Crippen LogP contribution is -2.40. The molecule has 2 rings (SSSR count). The second-order valence-electron chi connectivity index (χ2n) is 4.41. The van der Waals surface area contributed by atoms with Crippen LogP contribution in [0.25, 0.3) is 0 Å². The maximum Gasteiger partial charge on any atom is 0.315 e. The normalized spacial score (nSPS) is 18.0. The first-order valence-corrected chi connectivity index (χ1v) is 6.14. The van der Waals surface area contributed by atoms with E-state index in [0.717, 1.165) is 30.4 Å². The number of aliphatic hydroxyl groups is 1. The van der Waals surface area contributed by atoms with Crippen LogP contribution in [0, 0.1) is 5.82 Å². The minimum Gasteiger partial charge on any atom is -0.395 e. The van der Waals surface area contributed by atoms with E-state index >= 15 is 0 Å². The first-order valence-electron chi connectivity index (χ1n) is 6.14. The average Bonchev–Trinajstić information content (AvgIpc) is 2.37. The molecule has 1 atom stereocenters. The maximum absolute atomic E-state index is 13.2. The Morgan fingerprint density at radius 2 is 2.33 bits per heavy atom. The van der Waals surface area contributed by atoms with E-state index in [9.17, 15) is 9.18 Å². The lowest BCUT2D eigenvalue weighted by Gasteiger charge is -2.26. The van der Waals surface area contributed by atoms with Gasteiger partial charge in [-0.1, -0.05) is 6.07 Å². The summed E-state index contributed by atoms with van der Waals surface area (Å²) in [5.74, 6) is -0.279. The first kappa shape index (κ1) is 12.8. The van der Waals surface area contributed by atoms with Crippen LogP contribution in [-0.4, -0.2) is 24.3 Å². The number of halogens is 1. The SMILES string of the molecule is O=C(NCCO)NC1CCCc2ccc(F)cc21. The molecule has 0 saturated carbocycles. The highest BCUT2D eigenvalue weighted by Gasteiger charge is 2.22. The molecule has 3 N–H and O–H groups in total. The van der Waals surface area contributed by atoms with E-state index in [1.165, 1.54) is 12.1 Å². The molecule has 5 heteroatoms. The number of nitrogens with one attached hydrogen (secondary N) is 2. The maximum atomic E-state index is 13.2. The van der Waals surface area contributed by atoms with Crippen LogP contribution in [0.5, 0.6) is 0 Å². The second kappa shape index (κ2) is 5.82. The highest BCUT2D eigenvalue weighted by molar-refractivity contribution is 5.74. The van der Waals surface area contributed by atoms with Crippen LogP contribution < -0.4 is 10.6 Å². The van der Waals surface area contributed by atoms with Crippen molar-refractivity contribution in [2.24, 2.45) is 0 Å². The van der Waals surface area contributed by atoms with Crippen LogP contribution in [0.2, 0.25) is 0 Å². The summed E-state index contributed by atoms with van der Waals surface area (Å²) >= 11 is 0. The number of benzene rings is 1. The fourth-order valence-electron chi connectivity index (χ4n) is 2.30. The summed E-state index contributed by atoms with van der Waals surface area (Å²) in [5, 5.41) is 14.0. The van der Waals surface area contributed by atoms with Gasteiger partial charge in [-0.05, 0) is 42.5 Å². The number of aryl methyl sites for hydroxylation is 1. The predicted molar refractivity (Wildman–Crippen MR) is 65.7 cm³/mol. The Labute approximate surface area is 105 Å². The third kappa shape index (κ3) is 2.98. The molecule has 4 nitrogen and oxygen atoms in total. The summed E-state index contributed by atoms with van der Waals surface area (Å²) in [6, 6.07) is 4.25. The van der Waals surface area contributed by atoms with Crippen molar-refractivity contribution >= 4 is 6.03 Å². The van der Waals surface area contributed by atoms with Crippen molar-refractivity contribution in [2.75, 3.05) is 13.2 Å². The molecule has 0 aliphatic heterocycles. The number of hydrogen-bond donors (Lipinski definition) is 3. The number of urea groups is 1. The summed E-state index contributed by atoms with van der Waals surface area (Å²) in [4.78, 5) is 11.5. The topological polar surface area (TPSA) is 61.4 Å². The van der Waals surface area contributed by atoms with Crippen LogP contribution in [0.3, 0.4) is 0 Å². The Morgan fingerprint density at radius 3 is 3.11 bits per heavy atom. The molecule has 0 spiro atoms. The van der Waals surface area contributed by atoms with E-state index in [1.54, 1.807) is 6.07 Å². The van der Waals surface area contributed by atoms with Crippen LogP contribution in [0.15, 0.2) is 18.2 Å². The largest absolute Gasteiger partial charge is 0.395 e. The quantitative estimate of drug-likeness (QED) is 0.763.